The zero-order valence-electron chi connectivity index (χ0n) is 15.3. The van der Waals surface area contributed by atoms with Crippen molar-refractivity contribution >= 4 is 33.4 Å². The molecule has 1 aliphatic carbocycles. The second-order valence-electron chi connectivity index (χ2n) is 6.68. The summed E-state index contributed by atoms with van der Waals surface area (Å²) >= 11 is 3.37. The van der Waals surface area contributed by atoms with Crippen molar-refractivity contribution in [1.82, 2.24) is 5.32 Å². The van der Waals surface area contributed by atoms with Crippen LogP contribution in [0.25, 0.3) is 0 Å². The fourth-order valence-corrected chi connectivity index (χ4v) is 3.64. The van der Waals surface area contributed by atoms with Crippen molar-refractivity contribution < 1.29 is 14.3 Å². The maximum absolute atomic E-state index is 12.5. The molecule has 142 valence electrons. The highest BCUT2D eigenvalue weighted by Gasteiger charge is 2.17. The van der Waals surface area contributed by atoms with E-state index in [1.54, 1.807) is 36.4 Å². The van der Waals surface area contributed by atoms with E-state index in [1.165, 1.54) is 26.4 Å². The van der Waals surface area contributed by atoms with Crippen LogP contribution in [0, 0.1) is 0 Å². The fourth-order valence-electron chi connectivity index (χ4n) is 3.28. The minimum absolute atomic E-state index is 0.0616. The van der Waals surface area contributed by atoms with Crippen LogP contribution in [0.5, 0.6) is 5.75 Å². The van der Waals surface area contributed by atoms with E-state index in [0.29, 0.717) is 22.6 Å². The third kappa shape index (κ3) is 5.10. The Morgan fingerprint density at radius 3 is 2.37 bits per heavy atom. The highest BCUT2D eigenvalue weighted by Crippen LogP contribution is 2.24. The molecule has 0 aliphatic heterocycles. The standard InChI is InChI=1S/C21H23BrN2O3/c1-27-19-12-9-15(22)13-18(19)21(26)24-17-10-7-14(8-11-17)20(25)23-16-5-3-2-4-6-16/h7-13,16H,2-6H2,1H3,(H,23,25)(H,24,26). The quantitative estimate of drug-likeness (QED) is 0.717. The molecule has 0 spiro atoms. The summed E-state index contributed by atoms with van der Waals surface area (Å²) in [7, 11) is 1.53. The lowest BCUT2D eigenvalue weighted by atomic mass is 9.95. The van der Waals surface area contributed by atoms with Crippen LogP contribution >= 0.6 is 15.9 Å². The summed E-state index contributed by atoms with van der Waals surface area (Å²) in [5.41, 5.74) is 1.65. The second kappa shape index (κ2) is 9.04. The Labute approximate surface area is 167 Å². The summed E-state index contributed by atoms with van der Waals surface area (Å²) in [6, 6.07) is 12.5. The largest absolute Gasteiger partial charge is 0.496 e. The molecule has 1 aliphatic rings. The van der Waals surface area contributed by atoms with E-state index in [2.05, 4.69) is 26.6 Å². The highest BCUT2D eigenvalue weighted by atomic mass is 79.9. The number of amides is 2. The lowest BCUT2D eigenvalue weighted by Crippen LogP contribution is -2.36. The van der Waals surface area contributed by atoms with Crippen molar-refractivity contribution in [2.75, 3.05) is 12.4 Å². The summed E-state index contributed by atoms with van der Waals surface area (Å²) < 4.78 is 6.04. The van der Waals surface area contributed by atoms with E-state index in [0.717, 1.165) is 17.3 Å². The topological polar surface area (TPSA) is 67.4 Å². The van der Waals surface area contributed by atoms with Gasteiger partial charge in [0.15, 0.2) is 0 Å². The van der Waals surface area contributed by atoms with Gasteiger partial charge in [0, 0.05) is 21.8 Å². The van der Waals surface area contributed by atoms with E-state index in [4.69, 9.17) is 4.74 Å². The van der Waals surface area contributed by atoms with E-state index in [9.17, 15) is 9.59 Å². The maximum Gasteiger partial charge on any atom is 0.259 e. The average molecular weight is 431 g/mol. The van der Waals surface area contributed by atoms with Gasteiger partial charge in [-0.1, -0.05) is 35.2 Å². The van der Waals surface area contributed by atoms with Crippen LogP contribution < -0.4 is 15.4 Å². The number of anilines is 1. The third-order valence-electron chi connectivity index (χ3n) is 4.75. The van der Waals surface area contributed by atoms with E-state index < -0.39 is 0 Å². The first kappa shape index (κ1) is 19.4. The number of benzene rings is 2. The lowest BCUT2D eigenvalue weighted by Gasteiger charge is -2.22. The number of hydrogen-bond donors (Lipinski definition) is 2. The first-order valence-corrected chi connectivity index (χ1v) is 9.92. The molecule has 0 atom stereocenters. The van der Waals surface area contributed by atoms with Gasteiger partial charge in [-0.05, 0) is 55.3 Å². The lowest BCUT2D eigenvalue weighted by molar-refractivity contribution is 0.0927. The molecule has 5 nitrogen and oxygen atoms in total. The van der Waals surface area contributed by atoms with Gasteiger partial charge >= 0.3 is 0 Å². The predicted octanol–water partition coefficient (Wildman–Crippen LogP) is 4.77. The van der Waals surface area contributed by atoms with Crippen LogP contribution in [0.4, 0.5) is 5.69 Å². The monoisotopic (exact) mass is 430 g/mol. The van der Waals surface area contributed by atoms with Crippen LogP contribution in [-0.4, -0.2) is 25.0 Å². The summed E-state index contributed by atoms with van der Waals surface area (Å²) in [5.74, 6) is 0.167. The molecule has 2 aromatic rings. The molecule has 2 aromatic carbocycles. The number of carbonyl (C=O) groups excluding carboxylic acids is 2. The van der Waals surface area contributed by atoms with Crippen molar-refractivity contribution in [3.05, 3.63) is 58.1 Å². The molecule has 3 rings (SSSR count). The predicted molar refractivity (Wildman–Crippen MR) is 109 cm³/mol. The van der Waals surface area contributed by atoms with Gasteiger partial charge in [-0.15, -0.1) is 0 Å². The first-order valence-electron chi connectivity index (χ1n) is 9.12. The van der Waals surface area contributed by atoms with E-state index in [1.807, 2.05) is 6.07 Å². The Kier molecular flexibility index (Phi) is 6.50. The van der Waals surface area contributed by atoms with Crippen LogP contribution in [0.3, 0.4) is 0 Å². The van der Waals surface area contributed by atoms with Gasteiger partial charge in [0.05, 0.1) is 12.7 Å². The Hall–Kier alpha value is -2.34. The Morgan fingerprint density at radius 1 is 1.00 bits per heavy atom. The summed E-state index contributed by atoms with van der Waals surface area (Å²) in [5, 5.41) is 5.93. The molecule has 1 fully saturated rings. The zero-order chi connectivity index (χ0) is 19.2. The second-order valence-corrected chi connectivity index (χ2v) is 7.60. The average Bonchev–Trinajstić information content (AvgIpc) is 2.69. The third-order valence-corrected chi connectivity index (χ3v) is 5.24. The SMILES string of the molecule is COc1ccc(Br)cc1C(=O)Nc1ccc(C(=O)NC2CCCCC2)cc1. The summed E-state index contributed by atoms with van der Waals surface area (Å²) in [6.45, 7) is 0. The van der Waals surface area contributed by atoms with Gasteiger partial charge in [0.1, 0.15) is 5.75 Å². The van der Waals surface area contributed by atoms with Crippen LogP contribution in [0.15, 0.2) is 46.9 Å². The molecule has 1 saturated carbocycles. The molecular weight excluding hydrogens is 408 g/mol. The highest BCUT2D eigenvalue weighted by molar-refractivity contribution is 9.10. The molecule has 2 N–H and O–H groups in total. The Morgan fingerprint density at radius 2 is 1.70 bits per heavy atom. The number of hydrogen-bond acceptors (Lipinski definition) is 3. The molecule has 0 unspecified atom stereocenters. The van der Waals surface area contributed by atoms with Gasteiger partial charge < -0.3 is 15.4 Å². The van der Waals surface area contributed by atoms with Gasteiger partial charge in [0.25, 0.3) is 11.8 Å². The molecule has 0 radical (unpaired) electrons. The van der Waals surface area contributed by atoms with Crippen molar-refractivity contribution in [1.29, 1.82) is 0 Å². The van der Waals surface area contributed by atoms with E-state index >= 15 is 0 Å². The number of methoxy groups -OCH3 is 1. The molecule has 0 heterocycles. The summed E-state index contributed by atoms with van der Waals surface area (Å²) in [4.78, 5) is 24.9. The van der Waals surface area contributed by atoms with Crippen LogP contribution in [0.2, 0.25) is 0 Å². The molecule has 6 heteroatoms. The molecule has 0 aromatic heterocycles. The smallest absolute Gasteiger partial charge is 0.259 e. The minimum atomic E-state index is -0.271. The van der Waals surface area contributed by atoms with Crippen molar-refractivity contribution in [2.24, 2.45) is 0 Å². The van der Waals surface area contributed by atoms with Crippen molar-refractivity contribution in [2.45, 2.75) is 38.1 Å². The normalized spacial score (nSPS) is 14.4. The maximum atomic E-state index is 12.5. The molecule has 2 amide bonds. The number of halogens is 1. The molecule has 0 saturated heterocycles. The Balaban J connectivity index is 1.64. The number of carbonyl (C=O) groups is 2. The van der Waals surface area contributed by atoms with Gasteiger partial charge in [-0.2, -0.15) is 0 Å². The van der Waals surface area contributed by atoms with Crippen molar-refractivity contribution in [3.8, 4) is 5.75 Å². The van der Waals surface area contributed by atoms with Gasteiger partial charge in [-0.3, -0.25) is 9.59 Å². The number of nitrogens with one attached hydrogen (secondary N) is 2. The van der Waals surface area contributed by atoms with Crippen molar-refractivity contribution in [3.63, 3.8) is 0 Å². The minimum Gasteiger partial charge on any atom is -0.496 e. The fraction of sp³-hybridized carbons (Fsp3) is 0.333. The van der Waals surface area contributed by atoms with Gasteiger partial charge in [0.2, 0.25) is 0 Å². The number of rotatable bonds is 5. The molecular formula is C21H23BrN2O3. The summed E-state index contributed by atoms with van der Waals surface area (Å²) in [6.07, 6.45) is 5.70. The zero-order valence-corrected chi connectivity index (χ0v) is 16.8. The van der Waals surface area contributed by atoms with Crippen LogP contribution in [0.1, 0.15) is 52.8 Å². The number of ether oxygens (including phenoxy) is 1. The Bertz CT molecular complexity index is 815. The first-order chi connectivity index (χ1) is 13.1. The van der Waals surface area contributed by atoms with Gasteiger partial charge in [-0.25, -0.2) is 0 Å². The van der Waals surface area contributed by atoms with E-state index in [-0.39, 0.29) is 17.9 Å². The molecule has 0 bridgehead atoms. The van der Waals surface area contributed by atoms with Crippen LogP contribution in [-0.2, 0) is 0 Å². The molecule has 27 heavy (non-hydrogen) atoms.